The van der Waals surface area contributed by atoms with Gasteiger partial charge in [0.05, 0.1) is 25.9 Å². The molecule has 0 aliphatic carbocycles. The summed E-state index contributed by atoms with van der Waals surface area (Å²) in [4.78, 5) is 26.8. The van der Waals surface area contributed by atoms with Crippen LogP contribution in [0.5, 0.6) is 11.5 Å². The number of ether oxygens (including phenoxy) is 2. The van der Waals surface area contributed by atoms with Crippen LogP contribution in [0.3, 0.4) is 0 Å². The van der Waals surface area contributed by atoms with E-state index < -0.39 is 5.66 Å². The standard InChI is InChI=1S/C22H27N5O4.BrH/c1-22(2)26-20(23)25-21(24)27(22)31-13-7-12-30-18-14-16(29-3)10-11-17(18)19(28)15-8-5-4-6-9-15;/h4-6,8-11,14H,7,12-13H2,1-3H3,(H4,23,24,25,26);1H. The number of hydrogen-bond donors (Lipinski definition) is 2. The molecule has 172 valence electrons. The SMILES string of the molecule is Br.COc1ccc(C(=O)c2ccccc2)c(OCCCON2C(N)=NC(N)=NC2(C)C)c1. The van der Waals surface area contributed by atoms with Gasteiger partial charge in [0.1, 0.15) is 11.5 Å². The number of rotatable bonds is 9. The second-order valence-electron chi connectivity index (χ2n) is 7.32. The maximum atomic E-state index is 12.9. The van der Waals surface area contributed by atoms with E-state index >= 15 is 0 Å². The fraction of sp³-hybridized carbons (Fsp3) is 0.318. The molecule has 2 aromatic carbocycles. The molecule has 2 aromatic rings. The van der Waals surface area contributed by atoms with Crippen molar-refractivity contribution in [3.63, 3.8) is 0 Å². The highest BCUT2D eigenvalue weighted by Crippen LogP contribution is 2.27. The van der Waals surface area contributed by atoms with Crippen molar-refractivity contribution in [1.82, 2.24) is 5.06 Å². The first kappa shape index (κ1) is 25.2. The summed E-state index contributed by atoms with van der Waals surface area (Å²) in [5.41, 5.74) is 11.8. The van der Waals surface area contributed by atoms with Gasteiger partial charge in [-0.3, -0.25) is 9.63 Å². The molecule has 0 atom stereocenters. The Kier molecular flexibility index (Phi) is 8.62. The van der Waals surface area contributed by atoms with Crippen LogP contribution in [0.25, 0.3) is 0 Å². The molecule has 1 heterocycles. The van der Waals surface area contributed by atoms with Crippen LogP contribution in [0.1, 0.15) is 36.2 Å². The number of aliphatic imine (C=N–C) groups is 2. The fourth-order valence-electron chi connectivity index (χ4n) is 3.10. The van der Waals surface area contributed by atoms with E-state index in [9.17, 15) is 4.79 Å². The van der Waals surface area contributed by atoms with Gasteiger partial charge in [0.2, 0.25) is 11.9 Å². The normalized spacial score (nSPS) is 14.7. The molecule has 0 fully saturated rings. The quantitative estimate of drug-likeness (QED) is 0.396. The Morgan fingerprint density at radius 1 is 1.09 bits per heavy atom. The molecule has 0 unspecified atom stereocenters. The Morgan fingerprint density at radius 3 is 2.47 bits per heavy atom. The lowest BCUT2D eigenvalue weighted by Crippen LogP contribution is -2.53. The first-order chi connectivity index (χ1) is 14.8. The number of halogens is 1. The maximum Gasteiger partial charge on any atom is 0.226 e. The molecule has 0 spiro atoms. The molecule has 1 aliphatic heterocycles. The zero-order valence-corrected chi connectivity index (χ0v) is 20.0. The number of nitrogens with two attached hydrogens (primary N) is 2. The minimum absolute atomic E-state index is 0. The number of carbonyl (C=O) groups is 1. The molecule has 0 bridgehead atoms. The monoisotopic (exact) mass is 505 g/mol. The van der Waals surface area contributed by atoms with Crippen LogP contribution < -0.4 is 20.9 Å². The summed E-state index contributed by atoms with van der Waals surface area (Å²) in [6, 6.07) is 14.2. The van der Waals surface area contributed by atoms with E-state index in [2.05, 4.69) is 9.98 Å². The van der Waals surface area contributed by atoms with Crippen molar-refractivity contribution in [2.75, 3.05) is 20.3 Å². The van der Waals surface area contributed by atoms with Crippen molar-refractivity contribution in [3.05, 3.63) is 59.7 Å². The van der Waals surface area contributed by atoms with E-state index in [0.29, 0.717) is 42.3 Å². The van der Waals surface area contributed by atoms with Crippen LogP contribution in [-0.4, -0.2) is 48.8 Å². The average molecular weight is 506 g/mol. The predicted octanol–water partition coefficient (Wildman–Crippen LogP) is 2.89. The van der Waals surface area contributed by atoms with Gasteiger partial charge in [-0.15, -0.1) is 17.0 Å². The largest absolute Gasteiger partial charge is 0.497 e. The smallest absolute Gasteiger partial charge is 0.226 e. The minimum atomic E-state index is -0.765. The van der Waals surface area contributed by atoms with E-state index in [1.165, 1.54) is 5.06 Å². The van der Waals surface area contributed by atoms with E-state index in [1.807, 2.05) is 32.0 Å². The van der Waals surface area contributed by atoms with Crippen LogP contribution >= 0.6 is 17.0 Å². The number of nitrogens with zero attached hydrogens (tertiary/aromatic N) is 3. The first-order valence-electron chi connectivity index (χ1n) is 9.85. The van der Waals surface area contributed by atoms with Gasteiger partial charge in [0.15, 0.2) is 11.4 Å². The number of hydrogen-bond acceptors (Lipinski definition) is 9. The van der Waals surface area contributed by atoms with Gasteiger partial charge in [-0.25, -0.2) is 4.99 Å². The van der Waals surface area contributed by atoms with Crippen molar-refractivity contribution < 1.29 is 19.1 Å². The number of hydroxylamine groups is 2. The molecule has 0 radical (unpaired) electrons. The summed E-state index contributed by atoms with van der Waals surface area (Å²) >= 11 is 0. The number of ketones is 1. The Labute approximate surface area is 197 Å². The lowest BCUT2D eigenvalue weighted by atomic mass is 10.0. The van der Waals surface area contributed by atoms with Crippen molar-refractivity contribution in [1.29, 1.82) is 0 Å². The number of carbonyl (C=O) groups excluding carboxylic acids is 1. The molecular formula is C22H28BrN5O4. The molecule has 0 amide bonds. The molecule has 0 aromatic heterocycles. The first-order valence-corrected chi connectivity index (χ1v) is 9.85. The topological polar surface area (TPSA) is 125 Å². The van der Waals surface area contributed by atoms with Gasteiger partial charge >= 0.3 is 0 Å². The number of benzene rings is 2. The van der Waals surface area contributed by atoms with Gasteiger partial charge in [0, 0.05) is 18.1 Å². The Bertz CT molecular complexity index is 995. The van der Waals surface area contributed by atoms with Crippen LogP contribution in [0, 0.1) is 0 Å². The molecule has 1 aliphatic rings. The van der Waals surface area contributed by atoms with Crippen LogP contribution in [0.4, 0.5) is 0 Å². The number of methoxy groups -OCH3 is 1. The highest BCUT2D eigenvalue weighted by molar-refractivity contribution is 8.93. The van der Waals surface area contributed by atoms with Crippen molar-refractivity contribution in [3.8, 4) is 11.5 Å². The molecule has 0 saturated carbocycles. The van der Waals surface area contributed by atoms with E-state index in [0.717, 1.165) is 0 Å². The third-order valence-electron chi connectivity index (χ3n) is 4.56. The van der Waals surface area contributed by atoms with Gasteiger partial charge in [-0.05, 0) is 26.0 Å². The van der Waals surface area contributed by atoms with E-state index in [-0.39, 0.29) is 34.7 Å². The summed E-state index contributed by atoms with van der Waals surface area (Å²) in [7, 11) is 1.56. The van der Waals surface area contributed by atoms with Crippen molar-refractivity contribution in [2.24, 2.45) is 21.5 Å². The van der Waals surface area contributed by atoms with Gasteiger partial charge < -0.3 is 20.9 Å². The third kappa shape index (κ3) is 5.98. The summed E-state index contributed by atoms with van der Waals surface area (Å²) < 4.78 is 11.2. The summed E-state index contributed by atoms with van der Waals surface area (Å²) in [5.74, 6) is 1.18. The third-order valence-corrected chi connectivity index (χ3v) is 4.56. The highest BCUT2D eigenvalue weighted by Gasteiger charge is 2.33. The number of guanidine groups is 2. The van der Waals surface area contributed by atoms with Crippen LogP contribution in [0.2, 0.25) is 0 Å². The molecule has 10 heteroatoms. The molecule has 0 saturated heterocycles. The lowest BCUT2D eigenvalue weighted by molar-refractivity contribution is -0.158. The Morgan fingerprint density at radius 2 is 1.81 bits per heavy atom. The molecule has 4 N–H and O–H groups in total. The second kappa shape index (κ2) is 11.0. The van der Waals surface area contributed by atoms with Gasteiger partial charge in [0.25, 0.3) is 0 Å². The highest BCUT2D eigenvalue weighted by atomic mass is 79.9. The lowest BCUT2D eigenvalue weighted by Gasteiger charge is -2.36. The predicted molar refractivity (Wildman–Crippen MR) is 128 cm³/mol. The fourth-order valence-corrected chi connectivity index (χ4v) is 3.10. The minimum Gasteiger partial charge on any atom is -0.497 e. The Balaban J connectivity index is 0.00000363. The molecule has 3 rings (SSSR count). The van der Waals surface area contributed by atoms with Crippen LogP contribution in [0.15, 0.2) is 58.5 Å². The van der Waals surface area contributed by atoms with E-state index in [4.69, 9.17) is 25.8 Å². The molecule has 32 heavy (non-hydrogen) atoms. The van der Waals surface area contributed by atoms with Crippen molar-refractivity contribution >= 4 is 34.7 Å². The summed E-state index contributed by atoms with van der Waals surface area (Å²) in [6.07, 6.45) is 0.537. The molecular weight excluding hydrogens is 478 g/mol. The van der Waals surface area contributed by atoms with E-state index in [1.54, 1.807) is 37.4 Å². The molecule has 9 nitrogen and oxygen atoms in total. The van der Waals surface area contributed by atoms with Crippen molar-refractivity contribution in [2.45, 2.75) is 25.9 Å². The summed E-state index contributed by atoms with van der Waals surface area (Å²) in [6.45, 7) is 4.26. The van der Waals surface area contributed by atoms with Crippen LogP contribution in [-0.2, 0) is 4.84 Å². The summed E-state index contributed by atoms with van der Waals surface area (Å²) in [5, 5.41) is 1.42. The van der Waals surface area contributed by atoms with Gasteiger partial charge in [-0.1, -0.05) is 30.3 Å². The average Bonchev–Trinajstić information content (AvgIpc) is 2.74. The zero-order valence-electron chi connectivity index (χ0n) is 18.3. The second-order valence-corrected chi connectivity index (χ2v) is 7.32. The maximum absolute atomic E-state index is 12.9. The Hall–Kier alpha value is -3.11. The zero-order chi connectivity index (χ0) is 22.4. The van der Waals surface area contributed by atoms with Gasteiger partial charge in [-0.2, -0.15) is 10.1 Å².